The van der Waals surface area contributed by atoms with Gasteiger partial charge in [-0.15, -0.1) is 0 Å². The lowest BCUT2D eigenvalue weighted by Gasteiger charge is -2.30. The van der Waals surface area contributed by atoms with Crippen molar-refractivity contribution in [2.24, 2.45) is 0 Å². The van der Waals surface area contributed by atoms with Crippen LogP contribution in [0.25, 0.3) is 6.08 Å². The molecule has 28 heavy (non-hydrogen) atoms. The Morgan fingerprint density at radius 3 is 2.79 bits per heavy atom. The Balaban J connectivity index is 1.76. The van der Waals surface area contributed by atoms with E-state index in [9.17, 15) is 22.4 Å². The van der Waals surface area contributed by atoms with E-state index in [2.05, 4.69) is 0 Å². The van der Waals surface area contributed by atoms with Crippen LogP contribution in [-0.2, 0) is 19.4 Å². The van der Waals surface area contributed by atoms with Crippen molar-refractivity contribution in [1.29, 1.82) is 0 Å². The van der Waals surface area contributed by atoms with Gasteiger partial charge in [0.05, 0.1) is 16.4 Å². The zero-order valence-corrected chi connectivity index (χ0v) is 17.7. The molecule has 1 aromatic rings. The number of halogens is 1. The minimum atomic E-state index is -3.13. The van der Waals surface area contributed by atoms with Crippen LogP contribution in [0, 0.1) is 5.82 Å². The Hall–Kier alpha value is -1.78. The lowest BCUT2D eigenvalue weighted by Crippen LogP contribution is -2.50. The van der Waals surface area contributed by atoms with Crippen LogP contribution < -0.4 is 0 Å². The van der Waals surface area contributed by atoms with Gasteiger partial charge in [0.25, 0.3) is 5.91 Å². The first-order chi connectivity index (χ1) is 13.1. The van der Waals surface area contributed by atoms with E-state index in [1.54, 1.807) is 26.1 Å². The monoisotopic (exact) mass is 442 g/mol. The van der Waals surface area contributed by atoms with Gasteiger partial charge in [0.2, 0.25) is 5.91 Å². The van der Waals surface area contributed by atoms with E-state index in [0.29, 0.717) is 16.9 Å². The summed E-state index contributed by atoms with van der Waals surface area (Å²) in [6.45, 7) is 1.57. The fraction of sp³-hybridized carbons (Fsp3) is 0.389. The summed E-state index contributed by atoms with van der Waals surface area (Å²) in [7, 11) is -1.59. The molecule has 6 nitrogen and oxygen atoms in total. The average Bonchev–Trinajstić information content (AvgIpc) is 3.12. The van der Waals surface area contributed by atoms with E-state index in [-0.39, 0.29) is 21.7 Å². The van der Waals surface area contributed by atoms with Crippen molar-refractivity contribution in [3.05, 3.63) is 40.6 Å². The average molecular weight is 443 g/mol. The number of nitrogens with zero attached hydrogens (tertiary/aromatic N) is 2. The van der Waals surface area contributed by atoms with E-state index in [0.717, 1.165) is 11.8 Å². The number of carbonyl (C=O) groups is 2. The molecule has 2 heterocycles. The minimum Gasteiger partial charge on any atom is -0.340 e. The SMILES string of the molecule is CC(C(=O)N(C)C1CCS(=O)(=O)C1)N1C(=O)/C(=C\c2cccc(F)c2)SC1=S. The van der Waals surface area contributed by atoms with E-state index >= 15 is 0 Å². The maximum atomic E-state index is 13.4. The molecule has 0 aliphatic carbocycles. The molecule has 0 radical (unpaired) electrons. The smallest absolute Gasteiger partial charge is 0.266 e. The van der Waals surface area contributed by atoms with Crippen LogP contribution in [-0.4, -0.2) is 65.0 Å². The zero-order chi connectivity index (χ0) is 20.6. The minimum absolute atomic E-state index is 0.0566. The highest BCUT2D eigenvalue weighted by Crippen LogP contribution is 2.34. The topological polar surface area (TPSA) is 74.8 Å². The first-order valence-corrected chi connectivity index (χ1v) is 11.6. The fourth-order valence-electron chi connectivity index (χ4n) is 3.23. The van der Waals surface area contributed by atoms with Crippen molar-refractivity contribution in [1.82, 2.24) is 9.80 Å². The summed E-state index contributed by atoms with van der Waals surface area (Å²) in [5, 5.41) is 0. The Labute approximate surface area is 172 Å². The molecule has 2 saturated heterocycles. The molecule has 1 aromatic carbocycles. The molecule has 150 valence electrons. The van der Waals surface area contributed by atoms with Gasteiger partial charge in [0.15, 0.2) is 9.84 Å². The second kappa shape index (κ2) is 7.92. The van der Waals surface area contributed by atoms with Crippen molar-refractivity contribution >= 4 is 56.0 Å². The summed E-state index contributed by atoms with van der Waals surface area (Å²) in [6, 6.07) is 4.55. The molecule has 2 fully saturated rings. The van der Waals surface area contributed by atoms with Gasteiger partial charge in [-0.05, 0) is 37.1 Å². The van der Waals surface area contributed by atoms with Gasteiger partial charge in [0.1, 0.15) is 16.2 Å². The summed E-state index contributed by atoms with van der Waals surface area (Å²) >= 11 is 6.33. The lowest BCUT2D eigenvalue weighted by molar-refractivity contribution is -0.139. The number of hydrogen-bond donors (Lipinski definition) is 0. The van der Waals surface area contributed by atoms with Gasteiger partial charge >= 0.3 is 0 Å². The van der Waals surface area contributed by atoms with Crippen LogP contribution in [0.4, 0.5) is 4.39 Å². The van der Waals surface area contributed by atoms with Crippen LogP contribution in [0.15, 0.2) is 29.2 Å². The molecule has 0 aromatic heterocycles. The lowest BCUT2D eigenvalue weighted by atomic mass is 10.1. The third-order valence-electron chi connectivity index (χ3n) is 4.82. The van der Waals surface area contributed by atoms with Crippen LogP contribution in [0.1, 0.15) is 18.9 Å². The summed E-state index contributed by atoms with van der Waals surface area (Å²) < 4.78 is 37.0. The molecule has 2 aliphatic rings. The van der Waals surface area contributed by atoms with Crippen LogP contribution in [0.5, 0.6) is 0 Å². The molecule has 2 aliphatic heterocycles. The van der Waals surface area contributed by atoms with E-state index in [1.807, 2.05) is 0 Å². The van der Waals surface area contributed by atoms with Crippen LogP contribution in [0.2, 0.25) is 0 Å². The van der Waals surface area contributed by atoms with Crippen LogP contribution in [0.3, 0.4) is 0 Å². The van der Waals surface area contributed by atoms with Crippen molar-refractivity contribution in [3.63, 3.8) is 0 Å². The summed E-state index contributed by atoms with van der Waals surface area (Å²) in [6.07, 6.45) is 1.92. The maximum absolute atomic E-state index is 13.4. The summed E-state index contributed by atoms with van der Waals surface area (Å²) in [5.74, 6) is -1.22. The molecule has 0 N–H and O–H groups in total. The number of hydrogen-bond acceptors (Lipinski definition) is 6. The second-order valence-corrected chi connectivity index (χ2v) is 10.7. The van der Waals surface area contributed by atoms with E-state index < -0.39 is 33.6 Å². The first-order valence-electron chi connectivity index (χ1n) is 8.59. The Kier molecular flexibility index (Phi) is 5.92. The summed E-state index contributed by atoms with van der Waals surface area (Å²) in [4.78, 5) is 28.5. The third-order valence-corrected chi connectivity index (χ3v) is 7.90. The van der Waals surface area contributed by atoms with E-state index in [1.165, 1.54) is 28.0 Å². The molecule has 2 amide bonds. The molecule has 2 unspecified atom stereocenters. The van der Waals surface area contributed by atoms with Crippen molar-refractivity contribution in [3.8, 4) is 0 Å². The number of likely N-dealkylation sites (N-methyl/N-ethyl adjacent to an activating group) is 1. The number of carbonyl (C=O) groups excluding carboxylic acids is 2. The van der Waals surface area contributed by atoms with Crippen molar-refractivity contribution in [2.45, 2.75) is 25.4 Å². The van der Waals surface area contributed by atoms with Gasteiger partial charge < -0.3 is 4.90 Å². The Morgan fingerprint density at radius 2 is 2.18 bits per heavy atom. The van der Waals surface area contributed by atoms with Gasteiger partial charge in [-0.3, -0.25) is 14.5 Å². The molecule has 0 spiro atoms. The first kappa shape index (κ1) is 20.9. The second-order valence-electron chi connectivity index (χ2n) is 6.79. The van der Waals surface area contributed by atoms with Crippen LogP contribution >= 0.6 is 24.0 Å². The normalized spacial score (nSPS) is 24.0. The van der Waals surface area contributed by atoms with Gasteiger partial charge in [0, 0.05) is 13.1 Å². The molecule has 10 heteroatoms. The predicted molar refractivity (Wildman–Crippen MR) is 111 cm³/mol. The number of amides is 2. The Morgan fingerprint density at radius 1 is 1.46 bits per heavy atom. The number of benzene rings is 1. The van der Waals surface area contributed by atoms with Crippen molar-refractivity contribution in [2.75, 3.05) is 18.6 Å². The maximum Gasteiger partial charge on any atom is 0.266 e. The number of sulfone groups is 1. The number of thiocarbonyl (C=S) groups is 1. The standard InChI is InChI=1S/C18H19FN2O4S3/c1-11(16(22)20(2)14-6-7-28(24,25)10-14)21-17(23)15(27-18(21)26)9-12-4-3-5-13(19)8-12/h3-5,8-9,11,14H,6-7,10H2,1-2H3/b15-9+. The zero-order valence-electron chi connectivity index (χ0n) is 15.3. The van der Waals surface area contributed by atoms with Gasteiger partial charge in [-0.2, -0.15) is 0 Å². The molecular weight excluding hydrogens is 423 g/mol. The van der Waals surface area contributed by atoms with E-state index in [4.69, 9.17) is 12.2 Å². The molecule has 3 rings (SSSR count). The third kappa shape index (κ3) is 4.28. The Bertz CT molecular complexity index is 977. The fourth-order valence-corrected chi connectivity index (χ4v) is 6.42. The highest BCUT2D eigenvalue weighted by atomic mass is 32.2. The quantitative estimate of drug-likeness (QED) is 0.525. The highest BCUT2D eigenvalue weighted by Gasteiger charge is 2.41. The predicted octanol–water partition coefficient (Wildman–Crippen LogP) is 2.06. The summed E-state index contributed by atoms with van der Waals surface area (Å²) in [5.41, 5.74) is 0.521. The molecular formula is C18H19FN2O4S3. The van der Waals surface area contributed by atoms with Crippen molar-refractivity contribution < 1.29 is 22.4 Å². The number of rotatable bonds is 4. The number of thioether (sulfide) groups is 1. The van der Waals surface area contributed by atoms with Gasteiger partial charge in [-0.25, -0.2) is 12.8 Å². The molecule has 0 saturated carbocycles. The highest BCUT2D eigenvalue weighted by molar-refractivity contribution is 8.26. The largest absolute Gasteiger partial charge is 0.340 e. The van der Waals surface area contributed by atoms with Gasteiger partial charge in [-0.1, -0.05) is 36.1 Å². The molecule has 2 atom stereocenters. The molecule has 0 bridgehead atoms.